The third kappa shape index (κ3) is 4.25. The lowest BCUT2D eigenvalue weighted by molar-refractivity contribution is -0.177. The number of nitrogens with one attached hydrogen (secondary N) is 1. The van der Waals surface area contributed by atoms with Gasteiger partial charge in [-0.25, -0.2) is 4.79 Å². The molecule has 9 atom stereocenters. The maximum atomic E-state index is 13.8. The number of fused-ring (bicyclic) bond motifs is 2. The van der Waals surface area contributed by atoms with Crippen LogP contribution in [0.3, 0.4) is 0 Å². The molecule has 4 aliphatic rings. The molecule has 5 rings (SSSR count). The summed E-state index contributed by atoms with van der Waals surface area (Å²) in [5, 5.41) is 13.5. The van der Waals surface area contributed by atoms with E-state index < -0.39 is 17.7 Å². The molecule has 1 spiro atoms. The predicted octanol–water partition coefficient (Wildman–Crippen LogP) is 3.73. The third-order valence-electron chi connectivity index (χ3n) is 8.85. The summed E-state index contributed by atoms with van der Waals surface area (Å²) in [5.74, 6) is -0.996. The molecule has 0 unspecified atom stereocenters. The van der Waals surface area contributed by atoms with E-state index in [1.54, 1.807) is 0 Å². The lowest BCUT2D eigenvalue weighted by Gasteiger charge is -2.45. The summed E-state index contributed by atoms with van der Waals surface area (Å²) in [7, 11) is 0. The van der Waals surface area contributed by atoms with Crippen LogP contribution in [0.4, 0.5) is 0 Å². The summed E-state index contributed by atoms with van der Waals surface area (Å²) in [4.78, 5) is 26.9. The van der Waals surface area contributed by atoms with Crippen LogP contribution in [0.1, 0.15) is 52.0 Å². The molecular formula is C29H37NO5. The SMILES string of the molecule is C[C@H]1CC=C[C@H]2[C@@H]3O[C@]3(C)[C@@H](C)[C@H]3[C@H](Cc4ccccc4)NC(=O)[C@]32OC(=O)C=C[C@@H](O)CCC1. The van der Waals surface area contributed by atoms with Gasteiger partial charge in [-0.2, -0.15) is 0 Å². The zero-order chi connectivity index (χ0) is 24.8. The highest BCUT2D eigenvalue weighted by Gasteiger charge is 2.78. The molecule has 35 heavy (non-hydrogen) atoms. The van der Waals surface area contributed by atoms with E-state index in [9.17, 15) is 14.7 Å². The molecule has 3 aliphatic heterocycles. The number of aliphatic hydroxyl groups is 1. The van der Waals surface area contributed by atoms with Gasteiger partial charge in [0.05, 0.1) is 23.7 Å². The van der Waals surface area contributed by atoms with E-state index in [0.717, 1.165) is 24.8 Å². The molecule has 1 saturated carbocycles. The second-order valence-corrected chi connectivity index (χ2v) is 11.2. The van der Waals surface area contributed by atoms with Crippen molar-refractivity contribution in [3.63, 3.8) is 0 Å². The van der Waals surface area contributed by atoms with Crippen LogP contribution in [0, 0.1) is 23.7 Å². The smallest absolute Gasteiger partial charge is 0.331 e. The van der Waals surface area contributed by atoms with Crippen LogP contribution in [0.15, 0.2) is 54.6 Å². The van der Waals surface area contributed by atoms with Crippen LogP contribution in [-0.2, 0) is 25.5 Å². The van der Waals surface area contributed by atoms with Crippen LogP contribution >= 0.6 is 0 Å². The van der Waals surface area contributed by atoms with Crippen molar-refractivity contribution >= 4 is 11.9 Å². The molecule has 3 fully saturated rings. The van der Waals surface area contributed by atoms with E-state index >= 15 is 0 Å². The lowest BCUT2D eigenvalue weighted by atomic mass is 9.59. The Labute approximate surface area is 207 Å². The van der Waals surface area contributed by atoms with Gasteiger partial charge < -0.3 is 19.9 Å². The molecule has 2 N–H and O–H groups in total. The van der Waals surface area contributed by atoms with E-state index in [4.69, 9.17) is 9.47 Å². The summed E-state index contributed by atoms with van der Waals surface area (Å²) in [6, 6.07) is 9.91. The van der Waals surface area contributed by atoms with Crippen molar-refractivity contribution in [2.24, 2.45) is 23.7 Å². The highest BCUT2D eigenvalue weighted by Crippen LogP contribution is 2.63. The number of carbonyl (C=O) groups excluding carboxylic acids is 2. The molecule has 0 radical (unpaired) electrons. The molecule has 6 heteroatoms. The minimum atomic E-state index is -1.35. The highest BCUT2D eigenvalue weighted by atomic mass is 16.6. The van der Waals surface area contributed by atoms with Crippen molar-refractivity contribution in [3.05, 3.63) is 60.2 Å². The molecule has 188 valence electrons. The fourth-order valence-corrected chi connectivity index (χ4v) is 6.74. The summed E-state index contributed by atoms with van der Waals surface area (Å²) < 4.78 is 12.5. The van der Waals surface area contributed by atoms with Crippen LogP contribution in [0.2, 0.25) is 0 Å². The molecule has 1 amide bonds. The molecule has 1 aromatic carbocycles. The van der Waals surface area contributed by atoms with Gasteiger partial charge in [-0.15, -0.1) is 0 Å². The highest BCUT2D eigenvalue weighted by molar-refractivity contribution is 5.94. The molecule has 1 aliphatic carbocycles. The van der Waals surface area contributed by atoms with Gasteiger partial charge in [0.15, 0.2) is 0 Å². The van der Waals surface area contributed by atoms with Crippen molar-refractivity contribution in [1.82, 2.24) is 5.32 Å². The van der Waals surface area contributed by atoms with Crippen molar-refractivity contribution in [2.75, 3.05) is 0 Å². The Balaban J connectivity index is 1.56. The Morgan fingerprint density at radius 2 is 1.89 bits per heavy atom. The van der Waals surface area contributed by atoms with E-state index in [1.165, 1.54) is 12.2 Å². The summed E-state index contributed by atoms with van der Waals surface area (Å²) >= 11 is 0. The fourth-order valence-electron chi connectivity index (χ4n) is 6.74. The molecule has 3 heterocycles. The standard InChI is InChI=1S/C29H37NO5/c1-18-9-7-13-21(31)15-16-24(32)34-29-22(14-8-10-18)26-28(3,35-26)19(2)25(29)23(30-27(29)33)17-20-11-5-4-6-12-20/h4-6,8,11-12,14-16,18-19,21-23,25-26,31H,7,9-10,13,17H2,1-3H3,(H,30,33)/t18-,19+,21+,22+,23+,25+,26+,28-,29-/m1/s1. The topological polar surface area (TPSA) is 88.2 Å². The maximum Gasteiger partial charge on any atom is 0.331 e. The molecular weight excluding hydrogens is 442 g/mol. The number of allylic oxidation sites excluding steroid dienone is 1. The monoisotopic (exact) mass is 479 g/mol. The number of hydrogen-bond donors (Lipinski definition) is 2. The third-order valence-corrected chi connectivity index (χ3v) is 8.85. The van der Waals surface area contributed by atoms with E-state index in [0.29, 0.717) is 18.8 Å². The Morgan fingerprint density at radius 3 is 2.66 bits per heavy atom. The van der Waals surface area contributed by atoms with Crippen LogP contribution in [0.5, 0.6) is 0 Å². The molecule has 0 aromatic heterocycles. The number of esters is 1. The average Bonchev–Trinajstić information content (AvgIpc) is 3.45. The van der Waals surface area contributed by atoms with E-state index in [2.05, 4.69) is 50.4 Å². The first-order chi connectivity index (χ1) is 16.8. The van der Waals surface area contributed by atoms with Crippen molar-refractivity contribution in [1.29, 1.82) is 0 Å². The summed E-state index contributed by atoms with van der Waals surface area (Å²) in [6.45, 7) is 6.44. The molecule has 2 saturated heterocycles. The molecule has 0 bridgehead atoms. The second-order valence-electron chi connectivity index (χ2n) is 11.2. The van der Waals surface area contributed by atoms with Crippen molar-refractivity contribution in [2.45, 2.75) is 82.3 Å². The lowest BCUT2D eigenvalue weighted by Crippen LogP contribution is -2.61. The Kier molecular flexibility index (Phi) is 6.39. The number of amides is 1. The number of ether oxygens (including phenoxy) is 2. The zero-order valence-electron chi connectivity index (χ0n) is 20.9. The van der Waals surface area contributed by atoms with Crippen LogP contribution < -0.4 is 5.32 Å². The van der Waals surface area contributed by atoms with Crippen LogP contribution in [-0.4, -0.2) is 46.4 Å². The Hall–Kier alpha value is -2.44. The predicted molar refractivity (Wildman–Crippen MR) is 132 cm³/mol. The minimum absolute atomic E-state index is 0.00462. The Bertz CT molecular complexity index is 1020. The van der Waals surface area contributed by atoms with Crippen molar-refractivity contribution in [3.8, 4) is 0 Å². The Morgan fingerprint density at radius 1 is 1.11 bits per heavy atom. The second kappa shape index (κ2) is 9.21. The first-order valence-corrected chi connectivity index (χ1v) is 13.0. The van der Waals surface area contributed by atoms with E-state index in [1.807, 2.05) is 18.2 Å². The largest absolute Gasteiger partial charge is 0.445 e. The van der Waals surface area contributed by atoms with Crippen molar-refractivity contribution < 1.29 is 24.2 Å². The van der Waals surface area contributed by atoms with E-state index in [-0.39, 0.29) is 41.4 Å². The summed E-state index contributed by atoms with van der Waals surface area (Å²) in [6.07, 6.45) is 10.1. The van der Waals surface area contributed by atoms with Gasteiger partial charge in [0, 0.05) is 18.0 Å². The maximum absolute atomic E-state index is 13.8. The first-order valence-electron chi connectivity index (χ1n) is 13.0. The van der Waals surface area contributed by atoms with Gasteiger partial charge in [0.25, 0.3) is 5.91 Å². The quantitative estimate of drug-likeness (QED) is 0.383. The molecule has 6 nitrogen and oxygen atoms in total. The summed E-state index contributed by atoms with van der Waals surface area (Å²) in [5.41, 5.74) is -0.586. The number of epoxide rings is 1. The fraction of sp³-hybridized carbons (Fsp3) is 0.586. The first kappa shape index (κ1) is 24.3. The van der Waals surface area contributed by atoms with Gasteiger partial charge in [-0.3, -0.25) is 4.79 Å². The number of benzene rings is 1. The van der Waals surface area contributed by atoms with Gasteiger partial charge in [-0.05, 0) is 49.7 Å². The zero-order valence-corrected chi connectivity index (χ0v) is 20.9. The van der Waals surface area contributed by atoms with Gasteiger partial charge >= 0.3 is 5.97 Å². The molecule has 1 aromatic rings. The average molecular weight is 480 g/mol. The van der Waals surface area contributed by atoms with Gasteiger partial charge in [0.1, 0.15) is 0 Å². The van der Waals surface area contributed by atoms with Gasteiger partial charge in [0.2, 0.25) is 5.60 Å². The number of aliphatic hydroxyl groups excluding tert-OH is 1. The van der Waals surface area contributed by atoms with Gasteiger partial charge in [-0.1, -0.05) is 69.2 Å². The minimum Gasteiger partial charge on any atom is -0.445 e. The number of hydrogen-bond acceptors (Lipinski definition) is 5. The number of carbonyl (C=O) groups is 2. The number of rotatable bonds is 2. The van der Waals surface area contributed by atoms with Crippen LogP contribution in [0.25, 0.3) is 0 Å². The normalized spacial score (nSPS) is 43.3.